The molecule has 0 aromatic heterocycles. The normalized spacial score (nSPS) is 40.9. The molecule has 0 aromatic carbocycles. The predicted molar refractivity (Wildman–Crippen MR) is 48.5 cm³/mol. The van der Waals surface area contributed by atoms with Crippen molar-refractivity contribution in [2.75, 3.05) is 6.61 Å². The largest absolute Gasteiger partial charge is 0.394 e. The number of nitrogens with one attached hydrogen (secondary N) is 1. The van der Waals surface area contributed by atoms with E-state index in [1.165, 1.54) is 4.72 Å². The molecule has 0 bridgehead atoms. The molecule has 6 N–H and O–H groups in total. The fourth-order valence-electron chi connectivity index (χ4n) is 1.35. The molecule has 16 heavy (non-hydrogen) atoms. The number of rotatable bonds is 3. The zero-order chi connectivity index (χ0) is 12.5. The molecule has 9 nitrogen and oxygen atoms in total. The second kappa shape index (κ2) is 4.89. The molecule has 0 aliphatic carbocycles. The minimum atomic E-state index is -4.64. The molecule has 1 unspecified atom stereocenters. The van der Waals surface area contributed by atoms with Gasteiger partial charge in [0.05, 0.1) is 6.61 Å². The SMILES string of the molecule is O=S(=O)(O)NC1O[C@H](CO)[C@@H](O)[C@H](O)[C@H]1O. The Kier molecular flexibility index (Phi) is 4.20. The van der Waals surface area contributed by atoms with E-state index in [4.69, 9.17) is 14.4 Å². The maximum Gasteiger partial charge on any atom is 0.335 e. The van der Waals surface area contributed by atoms with Crippen LogP contribution in [0.4, 0.5) is 0 Å². The Morgan fingerprint density at radius 3 is 2.12 bits per heavy atom. The molecule has 0 aromatic rings. The van der Waals surface area contributed by atoms with Crippen molar-refractivity contribution in [3.8, 4) is 0 Å². The molecule has 0 saturated carbocycles. The predicted octanol–water partition coefficient (Wildman–Crippen LogP) is -3.82. The first-order valence-corrected chi connectivity index (χ1v) is 5.75. The Labute approximate surface area is 91.2 Å². The van der Waals surface area contributed by atoms with Gasteiger partial charge in [-0.25, -0.2) is 0 Å². The maximum absolute atomic E-state index is 10.5. The van der Waals surface area contributed by atoms with Gasteiger partial charge < -0.3 is 25.2 Å². The van der Waals surface area contributed by atoms with E-state index in [2.05, 4.69) is 0 Å². The van der Waals surface area contributed by atoms with Gasteiger partial charge in [-0.2, -0.15) is 13.1 Å². The van der Waals surface area contributed by atoms with Gasteiger partial charge in [0.15, 0.2) is 6.23 Å². The van der Waals surface area contributed by atoms with Gasteiger partial charge >= 0.3 is 10.3 Å². The molecule has 1 rings (SSSR count). The average molecular weight is 259 g/mol. The fourth-order valence-corrected chi connectivity index (χ4v) is 1.83. The first kappa shape index (κ1) is 13.7. The Hall–Kier alpha value is -0.330. The Morgan fingerprint density at radius 2 is 1.69 bits per heavy atom. The third kappa shape index (κ3) is 3.09. The van der Waals surface area contributed by atoms with Gasteiger partial charge in [-0.05, 0) is 0 Å². The second-order valence-corrected chi connectivity index (χ2v) is 4.53. The summed E-state index contributed by atoms with van der Waals surface area (Å²) in [5, 5.41) is 36.7. The summed E-state index contributed by atoms with van der Waals surface area (Å²) in [5.41, 5.74) is 0. The Bertz CT molecular complexity index is 329. The molecule has 1 saturated heterocycles. The molecule has 0 spiro atoms. The van der Waals surface area contributed by atoms with Crippen LogP contribution in [0.5, 0.6) is 0 Å². The van der Waals surface area contributed by atoms with Crippen LogP contribution in [0.3, 0.4) is 0 Å². The van der Waals surface area contributed by atoms with E-state index >= 15 is 0 Å². The van der Waals surface area contributed by atoms with Gasteiger partial charge in [0.1, 0.15) is 24.4 Å². The Balaban J connectivity index is 2.79. The van der Waals surface area contributed by atoms with Gasteiger partial charge in [-0.1, -0.05) is 0 Å². The molecule has 1 aliphatic rings. The van der Waals surface area contributed by atoms with E-state index in [1.807, 2.05) is 0 Å². The van der Waals surface area contributed by atoms with Crippen molar-refractivity contribution < 1.29 is 38.1 Å². The zero-order valence-electron chi connectivity index (χ0n) is 7.96. The van der Waals surface area contributed by atoms with E-state index in [9.17, 15) is 23.7 Å². The molecular formula is C6H13NO8S. The number of aliphatic hydroxyl groups excluding tert-OH is 4. The van der Waals surface area contributed by atoms with Crippen molar-refractivity contribution in [1.82, 2.24) is 4.72 Å². The van der Waals surface area contributed by atoms with Crippen LogP contribution in [0.15, 0.2) is 0 Å². The monoisotopic (exact) mass is 259 g/mol. The van der Waals surface area contributed by atoms with Crippen LogP contribution >= 0.6 is 0 Å². The second-order valence-electron chi connectivity index (χ2n) is 3.34. The minimum Gasteiger partial charge on any atom is -0.394 e. The van der Waals surface area contributed by atoms with Crippen LogP contribution in [0.25, 0.3) is 0 Å². The summed E-state index contributed by atoms with van der Waals surface area (Å²) < 4.78 is 35.7. The van der Waals surface area contributed by atoms with Crippen molar-refractivity contribution in [3.05, 3.63) is 0 Å². The highest BCUT2D eigenvalue weighted by Crippen LogP contribution is 2.19. The van der Waals surface area contributed by atoms with Gasteiger partial charge in [0.25, 0.3) is 0 Å². The highest BCUT2D eigenvalue weighted by atomic mass is 32.2. The fraction of sp³-hybridized carbons (Fsp3) is 1.00. The summed E-state index contributed by atoms with van der Waals surface area (Å²) >= 11 is 0. The number of ether oxygens (including phenoxy) is 1. The summed E-state index contributed by atoms with van der Waals surface area (Å²) in [6.45, 7) is -0.686. The van der Waals surface area contributed by atoms with Crippen LogP contribution in [0, 0.1) is 0 Å². The molecule has 1 heterocycles. The van der Waals surface area contributed by atoms with E-state index in [0.717, 1.165) is 0 Å². The van der Waals surface area contributed by atoms with E-state index in [0.29, 0.717) is 0 Å². The summed E-state index contributed by atoms with van der Waals surface area (Å²) in [7, 11) is -4.64. The van der Waals surface area contributed by atoms with E-state index in [-0.39, 0.29) is 0 Å². The van der Waals surface area contributed by atoms with Crippen LogP contribution in [0.2, 0.25) is 0 Å². The van der Waals surface area contributed by atoms with Crippen LogP contribution in [-0.2, 0) is 15.0 Å². The van der Waals surface area contributed by atoms with Crippen LogP contribution in [-0.4, -0.2) is 70.6 Å². The lowest BCUT2D eigenvalue weighted by molar-refractivity contribution is -0.231. The molecule has 96 valence electrons. The average Bonchev–Trinajstić information content (AvgIpc) is 2.17. The number of hydrogen-bond acceptors (Lipinski definition) is 7. The smallest absolute Gasteiger partial charge is 0.335 e. The molecule has 0 radical (unpaired) electrons. The van der Waals surface area contributed by atoms with Crippen molar-refractivity contribution in [2.24, 2.45) is 0 Å². The first-order chi connectivity index (χ1) is 7.26. The number of hydrogen-bond donors (Lipinski definition) is 6. The van der Waals surface area contributed by atoms with E-state index < -0.39 is 47.6 Å². The van der Waals surface area contributed by atoms with Gasteiger partial charge in [-0.3, -0.25) is 4.55 Å². The maximum atomic E-state index is 10.5. The first-order valence-electron chi connectivity index (χ1n) is 4.31. The zero-order valence-corrected chi connectivity index (χ0v) is 8.78. The van der Waals surface area contributed by atoms with Crippen LogP contribution < -0.4 is 4.72 Å². The molecular weight excluding hydrogens is 246 g/mol. The molecule has 1 aliphatic heterocycles. The van der Waals surface area contributed by atoms with E-state index in [1.54, 1.807) is 0 Å². The Morgan fingerprint density at radius 1 is 1.12 bits per heavy atom. The summed E-state index contributed by atoms with van der Waals surface area (Å²) in [6, 6.07) is 0. The highest BCUT2D eigenvalue weighted by Gasteiger charge is 2.44. The summed E-state index contributed by atoms with van der Waals surface area (Å²) in [4.78, 5) is 0. The van der Waals surface area contributed by atoms with Gasteiger partial charge in [0.2, 0.25) is 0 Å². The minimum absolute atomic E-state index is 0.686. The van der Waals surface area contributed by atoms with Crippen molar-refractivity contribution in [3.63, 3.8) is 0 Å². The molecule has 1 fully saturated rings. The third-order valence-corrected chi connectivity index (χ3v) is 2.69. The lowest BCUT2D eigenvalue weighted by atomic mass is 9.99. The van der Waals surface area contributed by atoms with Crippen LogP contribution in [0.1, 0.15) is 0 Å². The molecule has 5 atom stereocenters. The lowest BCUT2D eigenvalue weighted by Gasteiger charge is -2.39. The molecule has 0 amide bonds. The van der Waals surface area contributed by atoms with Crippen molar-refractivity contribution in [1.29, 1.82) is 0 Å². The lowest BCUT2D eigenvalue weighted by Crippen LogP contribution is -2.63. The summed E-state index contributed by atoms with van der Waals surface area (Å²) in [6.07, 6.45) is -7.94. The topological polar surface area (TPSA) is 157 Å². The highest BCUT2D eigenvalue weighted by molar-refractivity contribution is 7.83. The quantitative estimate of drug-likeness (QED) is 0.281. The standard InChI is InChI=1S/C6H13NO8S/c8-1-2-3(9)4(10)5(11)6(15-2)7-16(12,13)14/h2-11H,1H2,(H,12,13,14)/t2-,3-,4+,5-,6?/m1/s1. The van der Waals surface area contributed by atoms with Gasteiger partial charge in [-0.15, -0.1) is 0 Å². The van der Waals surface area contributed by atoms with Crippen molar-refractivity contribution in [2.45, 2.75) is 30.6 Å². The number of aliphatic hydroxyl groups is 4. The summed E-state index contributed by atoms with van der Waals surface area (Å²) in [5.74, 6) is 0. The third-order valence-electron chi connectivity index (χ3n) is 2.16. The van der Waals surface area contributed by atoms with Crippen molar-refractivity contribution >= 4 is 10.3 Å². The molecule has 10 heteroatoms. The van der Waals surface area contributed by atoms with Gasteiger partial charge in [0, 0.05) is 0 Å².